The van der Waals surface area contributed by atoms with Crippen LogP contribution in [0.3, 0.4) is 0 Å². The zero-order chi connectivity index (χ0) is 29.4. The molecule has 0 amide bonds. The van der Waals surface area contributed by atoms with Crippen molar-refractivity contribution < 1.29 is 0 Å². The van der Waals surface area contributed by atoms with Crippen molar-refractivity contribution in [3.63, 3.8) is 0 Å². The SMILES string of the molecule is CCC1(C)c2ccc(-c3c(C)cccc3C)c3c2nc(c2ccccc23)-c2ccccc2NC1(C)C.CCCCC. The summed E-state index contributed by atoms with van der Waals surface area (Å²) in [6, 6.07) is 28.8. The molecule has 2 bridgehead atoms. The second kappa shape index (κ2) is 11.3. The number of aryl methyl sites for hydroxylation is 2. The minimum absolute atomic E-state index is 0.144. The predicted octanol–water partition coefficient (Wildman–Crippen LogP) is 11.4. The molecule has 1 aromatic heterocycles. The molecule has 2 heteroatoms. The maximum atomic E-state index is 5.56. The van der Waals surface area contributed by atoms with Gasteiger partial charge < -0.3 is 5.32 Å². The first kappa shape index (κ1) is 28.9. The fraction of sp³-hybridized carbons (Fsp3) is 0.359. The van der Waals surface area contributed by atoms with Crippen LogP contribution in [0.1, 0.15) is 83.9 Å². The third-order valence-electron chi connectivity index (χ3n) is 9.62. The second-order valence-corrected chi connectivity index (χ2v) is 12.5. The zero-order valence-electron chi connectivity index (χ0n) is 26.3. The maximum Gasteiger partial charge on any atom is 0.0808 e. The van der Waals surface area contributed by atoms with Gasteiger partial charge in [0.05, 0.1) is 11.2 Å². The van der Waals surface area contributed by atoms with Crippen LogP contribution in [0.4, 0.5) is 5.69 Å². The third-order valence-corrected chi connectivity index (χ3v) is 9.62. The van der Waals surface area contributed by atoms with Crippen LogP contribution >= 0.6 is 0 Å². The van der Waals surface area contributed by atoms with Gasteiger partial charge in [0.15, 0.2) is 0 Å². The van der Waals surface area contributed by atoms with Gasteiger partial charge in [-0.15, -0.1) is 0 Å². The molecule has 0 radical (unpaired) electrons. The lowest BCUT2D eigenvalue weighted by atomic mass is 9.65. The largest absolute Gasteiger partial charge is 0.379 e. The van der Waals surface area contributed by atoms with Crippen LogP contribution in [0.2, 0.25) is 0 Å². The van der Waals surface area contributed by atoms with E-state index in [1.165, 1.54) is 63.2 Å². The smallest absolute Gasteiger partial charge is 0.0808 e. The summed E-state index contributed by atoms with van der Waals surface area (Å²) in [5.41, 5.74) is 10.6. The van der Waals surface area contributed by atoms with Gasteiger partial charge in [0, 0.05) is 33.0 Å². The molecule has 41 heavy (non-hydrogen) atoms. The van der Waals surface area contributed by atoms with Gasteiger partial charge in [-0.3, -0.25) is 0 Å². The summed E-state index contributed by atoms with van der Waals surface area (Å²) in [6.07, 6.45) is 5.07. The molecule has 2 heterocycles. The number of rotatable bonds is 4. The molecule has 1 aliphatic rings. The molecule has 1 unspecified atom stereocenters. The Hall–Kier alpha value is -3.65. The van der Waals surface area contributed by atoms with Gasteiger partial charge in [-0.25, -0.2) is 4.98 Å². The predicted molar refractivity (Wildman–Crippen MR) is 180 cm³/mol. The Bertz CT molecular complexity index is 1690. The van der Waals surface area contributed by atoms with Gasteiger partial charge in [0.2, 0.25) is 0 Å². The lowest BCUT2D eigenvalue weighted by Crippen LogP contribution is -2.50. The normalized spacial score (nSPS) is 17.2. The minimum atomic E-state index is -0.203. The zero-order valence-corrected chi connectivity index (χ0v) is 26.3. The average Bonchev–Trinajstić information content (AvgIpc) is 2.99. The maximum absolute atomic E-state index is 5.56. The Balaban J connectivity index is 0.000000623. The molecule has 6 rings (SSSR count). The van der Waals surface area contributed by atoms with Gasteiger partial charge >= 0.3 is 0 Å². The van der Waals surface area contributed by atoms with E-state index in [2.05, 4.69) is 140 Å². The quantitative estimate of drug-likeness (QED) is 0.228. The summed E-state index contributed by atoms with van der Waals surface area (Å²) in [4.78, 5) is 5.56. The van der Waals surface area contributed by atoms with E-state index >= 15 is 0 Å². The first-order valence-electron chi connectivity index (χ1n) is 15.5. The number of fused-ring (bicyclic) bond motifs is 6. The topological polar surface area (TPSA) is 24.9 Å². The fourth-order valence-corrected chi connectivity index (χ4v) is 6.75. The van der Waals surface area contributed by atoms with Crippen molar-refractivity contribution >= 4 is 27.4 Å². The summed E-state index contributed by atoms with van der Waals surface area (Å²) >= 11 is 0. The molecule has 0 fully saturated rings. The molecule has 0 saturated heterocycles. The van der Waals surface area contributed by atoms with E-state index in [1.807, 2.05) is 0 Å². The van der Waals surface area contributed by atoms with Crippen molar-refractivity contribution in [2.45, 2.75) is 92.0 Å². The highest BCUT2D eigenvalue weighted by Gasteiger charge is 2.44. The van der Waals surface area contributed by atoms with Crippen molar-refractivity contribution in [2.24, 2.45) is 0 Å². The molecule has 4 aromatic carbocycles. The number of hydrogen-bond donors (Lipinski definition) is 1. The van der Waals surface area contributed by atoms with Gasteiger partial charge in [-0.05, 0) is 73.4 Å². The van der Waals surface area contributed by atoms with Crippen molar-refractivity contribution in [1.82, 2.24) is 4.98 Å². The van der Waals surface area contributed by atoms with E-state index in [1.54, 1.807) is 0 Å². The van der Waals surface area contributed by atoms with Gasteiger partial charge in [-0.1, -0.05) is 120 Å². The van der Waals surface area contributed by atoms with E-state index in [0.29, 0.717) is 0 Å². The Kier molecular flexibility index (Phi) is 7.97. The monoisotopic (exact) mass is 542 g/mol. The van der Waals surface area contributed by atoms with Crippen molar-refractivity contribution in [3.05, 3.63) is 95.6 Å². The molecule has 1 N–H and O–H groups in total. The summed E-state index contributed by atoms with van der Waals surface area (Å²) in [7, 11) is 0. The van der Waals surface area contributed by atoms with Gasteiger partial charge in [0.1, 0.15) is 0 Å². The number of pyridine rings is 1. The summed E-state index contributed by atoms with van der Waals surface area (Å²) in [6.45, 7) is 18.3. The van der Waals surface area contributed by atoms with Gasteiger partial charge in [-0.2, -0.15) is 0 Å². The molecule has 1 aliphatic heterocycles. The number of benzene rings is 4. The molecular weight excluding hydrogens is 496 g/mol. The van der Waals surface area contributed by atoms with E-state index < -0.39 is 0 Å². The molecule has 0 aliphatic carbocycles. The van der Waals surface area contributed by atoms with Crippen LogP contribution < -0.4 is 5.32 Å². The number of hydrogen-bond acceptors (Lipinski definition) is 2. The highest BCUT2D eigenvalue weighted by molar-refractivity contribution is 6.18. The standard InChI is InChI=1S/C34H34N2.C5H12/c1-7-34(6)27-20-19-26(29-21(2)13-12-14-22(29)3)30-23-15-8-9-16-24(23)31(35-32(27)30)25-17-10-11-18-28(25)36-33(34,4)5;1-3-5-4-2/h8-20,36H,7H2,1-6H3;3-5H2,1-2H3. The number of nitrogens with zero attached hydrogens (tertiary/aromatic N) is 1. The Morgan fingerprint density at radius 3 is 1.95 bits per heavy atom. The number of anilines is 1. The molecule has 1 atom stereocenters. The molecule has 0 saturated carbocycles. The van der Waals surface area contributed by atoms with E-state index in [-0.39, 0.29) is 11.0 Å². The number of nitrogens with one attached hydrogen (secondary N) is 1. The molecular formula is C39H46N2. The van der Waals surface area contributed by atoms with Crippen LogP contribution in [0, 0.1) is 13.8 Å². The fourth-order valence-electron chi connectivity index (χ4n) is 6.75. The van der Waals surface area contributed by atoms with Crippen LogP contribution in [0.15, 0.2) is 78.9 Å². The summed E-state index contributed by atoms with van der Waals surface area (Å²) < 4.78 is 0. The number of unbranched alkanes of at least 4 members (excludes halogenated alkanes) is 2. The molecule has 0 spiro atoms. The lowest BCUT2D eigenvalue weighted by molar-refractivity contribution is 0.297. The number of para-hydroxylation sites is 1. The molecule has 2 nitrogen and oxygen atoms in total. The van der Waals surface area contributed by atoms with E-state index in [4.69, 9.17) is 4.98 Å². The van der Waals surface area contributed by atoms with E-state index in [9.17, 15) is 0 Å². The van der Waals surface area contributed by atoms with Crippen LogP contribution in [-0.4, -0.2) is 10.5 Å². The average molecular weight is 543 g/mol. The van der Waals surface area contributed by atoms with Crippen molar-refractivity contribution in [2.75, 3.05) is 5.32 Å². The first-order valence-corrected chi connectivity index (χ1v) is 15.5. The van der Waals surface area contributed by atoms with Crippen molar-refractivity contribution in [3.8, 4) is 22.4 Å². The highest BCUT2D eigenvalue weighted by atomic mass is 15.0. The first-order chi connectivity index (χ1) is 19.7. The molecule has 5 aromatic rings. The summed E-state index contributed by atoms with van der Waals surface area (Å²) in [5, 5.41) is 7.69. The van der Waals surface area contributed by atoms with E-state index in [0.717, 1.165) is 28.9 Å². The van der Waals surface area contributed by atoms with Crippen LogP contribution in [0.5, 0.6) is 0 Å². The third kappa shape index (κ3) is 4.82. The van der Waals surface area contributed by atoms with Crippen LogP contribution in [-0.2, 0) is 5.41 Å². The number of aromatic nitrogens is 1. The Morgan fingerprint density at radius 1 is 0.683 bits per heavy atom. The van der Waals surface area contributed by atoms with Crippen molar-refractivity contribution in [1.29, 1.82) is 0 Å². The Morgan fingerprint density at radius 2 is 1.32 bits per heavy atom. The Labute approximate surface area is 247 Å². The van der Waals surface area contributed by atoms with Crippen LogP contribution in [0.25, 0.3) is 44.1 Å². The highest BCUT2D eigenvalue weighted by Crippen LogP contribution is 2.49. The molecule has 212 valence electrons. The lowest BCUT2D eigenvalue weighted by Gasteiger charge is -2.46. The van der Waals surface area contributed by atoms with Gasteiger partial charge in [0.25, 0.3) is 0 Å². The minimum Gasteiger partial charge on any atom is -0.379 e. The second-order valence-electron chi connectivity index (χ2n) is 12.5. The summed E-state index contributed by atoms with van der Waals surface area (Å²) in [5.74, 6) is 0.